The number of ether oxygens (including phenoxy) is 1. The molecule has 3 aromatic rings. The lowest BCUT2D eigenvalue weighted by atomic mass is 10.2. The molecule has 1 saturated heterocycles. The molecule has 4 rings (SSSR count). The van der Waals surface area contributed by atoms with Crippen LogP contribution >= 0.6 is 0 Å². The van der Waals surface area contributed by atoms with Crippen molar-refractivity contribution in [2.24, 2.45) is 0 Å². The standard InChI is InChI=1S/C25H28N4O4/c1-18-22(27-25(33-18)19-6-4-3-5-7-19)16-24(31)28(2)17-23(30)26-20-8-10-21(11-9-20)29-12-14-32-15-13-29/h3-11H,12-17H2,1-2H3,(H,26,30). The Labute approximate surface area is 193 Å². The molecule has 0 spiro atoms. The number of carbonyl (C=O) groups excluding carboxylic acids is 2. The molecule has 2 aromatic carbocycles. The first-order valence-electron chi connectivity index (χ1n) is 11.0. The van der Waals surface area contributed by atoms with Crippen molar-refractivity contribution in [2.75, 3.05) is 50.1 Å². The molecule has 33 heavy (non-hydrogen) atoms. The van der Waals surface area contributed by atoms with E-state index in [-0.39, 0.29) is 24.8 Å². The van der Waals surface area contributed by atoms with E-state index in [0.717, 1.165) is 37.6 Å². The van der Waals surface area contributed by atoms with Gasteiger partial charge in [0, 0.05) is 37.1 Å². The van der Waals surface area contributed by atoms with Gasteiger partial charge in [-0.3, -0.25) is 9.59 Å². The summed E-state index contributed by atoms with van der Waals surface area (Å²) in [6.07, 6.45) is 0.0696. The van der Waals surface area contributed by atoms with E-state index in [0.29, 0.717) is 23.0 Å². The van der Waals surface area contributed by atoms with Crippen LogP contribution in [0.1, 0.15) is 11.5 Å². The third-order valence-corrected chi connectivity index (χ3v) is 5.57. The molecule has 0 saturated carbocycles. The van der Waals surface area contributed by atoms with Gasteiger partial charge in [-0.05, 0) is 43.3 Å². The van der Waals surface area contributed by atoms with E-state index >= 15 is 0 Å². The molecular formula is C25H28N4O4. The zero-order chi connectivity index (χ0) is 23.2. The monoisotopic (exact) mass is 448 g/mol. The fourth-order valence-corrected chi connectivity index (χ4v) is 3.66. The third-order valence-electron chi connectivity index (χ3n) is 5.57. The lowest BCUT2D eigenvalue weighted by molar-refractivity contribution is -0.132. The van der Waals surface area contributed by atoms with Crippen molar-refractivity contribution >= 4 is 23.2 Å². The molecule has 2 heterocycles. The molecular weight excluding hydrogens is 420 g/mol. The minimum atomic E-state index is -0.258. The minimum absolute atomic E-state index is 0.0491. The van der Waals surface area contributed by atoms with Gasteiger partial charge >= 0.3 is 0 Å². The number of rotatable bonds is 7. The number of likely N-dealkylation sites (N-methyl/N-ethyl adjacent to an activating group) is 1. The highest BCUT2D eigenvalue weighted by Gasteiger charge is 2.19. The molecule has 8 heteroatoms. The highest BCUT2D eigenvalue weighted by atomic mass is 16.5. The Hall–Kier alpha value is -3.65. The van der Waals surface area contributed by atoms with Crippen LogP contribution in [0.25, 0.3) is 11.5 Å². The number of anilines is 2. The van der Waals surface area contributed by atoms with E-state index in [2.05, 4.69) is 15.2 Å². The Balaban J connectivity index is 1.30. The molecule has 0 atom stereocenters. The van der Waals surface area contributed by atoms with Crippen LogP contribution in [-0.2, 0) is 20.7 Å². The van der Waals surface area contributed by atoms with Gasteiger partial charge in [-0.15, -0.1) is 0 Å². The highest BCUT2D eigenvalue weighted by Crippen LogP contribution is 2.22. The van der Waals surface area contributed by atoms with E-state index in [9.17, 15) is 9.59 Å². The van der Waals surface area contributed by atoms with Crippen molar-refractivity contribution in [1.29, 1.82) is 0 Å². The normalized spacial score (nSPS) is 13.6. The Morgan fingerprint density at radius 2 is 1.76 bits per heavy atom. The van der Waals surface area contributed by atoms with Gasteiger partial charge in [0.15, 0.2) is 0 Å². The number of benzene rings is 2. The molecule has 0 bridgehead atoms. The van der Waals surface area contributed by atoms with E-state index in [1.54, 1.807) is 14.0 Å². The summed E-state index contributed by atoms with van der Waals surface area (Å²) in [7, 11) is 1.61. The Bertz CT molecular complexity index is 1090. The number of aromatic nitrogens is 1. The van der Waals surface area contributed by atoms with Crippen LogP contribution in [0.15, 0.2) is 59.0 Å². The van der Waals surface area contributed by atoms with Crippen molar-refractivity contribution < 1.29 is 18.7 Å². The number of nitrogens with one attached hydrogen (secondary N) is 1. The summed E-state index contributed by atoms with van der Waals surface area (Å²) < 4.78 is 11.1. The van der Waals surface area contributed by atoms with Crippen LogP contribution in [-0.4, -0.2) is 61.6 Å². The molecule has 0 aliphatic carbocycles. The van der Waals surface area contributed by atoms with E-state index in [4.69, 9.17) is 9.15 Å². The predicted molar refractivity (Wildman–Crippen MR) is 126 cm³/mol. The number of amides is 2. The number of morpholine rings is 1. The van der Waals surface area contributed by atoms with Crippen LogP contribution < -0.4 is 10.2 Å². The number of aryl methyl sites for hydroxylation is 1. The van der Waals surface area contributed by atoms with E-state index in [1.165, 1.54) is 4.90 Å². The summed E-state index contributed by atoms with van der Waals surface area (Å²) in [4.78, 5) is 33.2. The maximum absolute atomic E-state index is 12.7. The first-order valence-corrected chi connectivity index (χ1v) is 11.0. The highest BCUT2D eigenvalue weighted by molar-refractivity contribution is 5.94. The first-order chi connectivity index (χ1) is 16.0. The summed E-state index contributed by atoms with van der Waals surface area (Å²) in [5, 5.41) is 2.85. The number of hydrogen-bond donors (Lipinski definition) is 1. The van der Waals surface area contributed by atoms with Crippen LogP contribution in [0.2, 0.25) is 0 Å². The van der Waals surface area contributed by atoms with E-state index in [1.807, 2.05) is 54.6 Å². The second-order valence-corrected chi connectivity index (χ2v) is 8.01. The SMILES string of the molecule is Cc1oc(-c2ccccc2)nc1CC(=O)N(C)CC(=O)Nc1ccc(N2CCOCC2)cc1. The maximum atomic E-state index is 12.7. The zero-order valence-electron chi connectivity index (χ0n) is 18.9. The number of hydrogen-bond acceptors (Lipinski definition) is 6. The van der Waals surface area contributed by atoms with Crippen molar-refractivity contribution in [1.82, 2.24) is 9.88 Å². The first kappa shape index (κ1) is 22.5. The molecule has 0 unspecified atom stereocenters. The average molecular weight is 449 g/mol. The van der Waals surface area contributed by atoms with Gasteiger partial charge in [0.25, 0.3) is 0 Å². The maximum Gasteiger partial charge on any atom is 0.243 e. The zero-order valence-corrected chi connectivity index (χ0v) is 18.9. The van der Waals surface area contributed by atoms with Crippen LogP contribution in [0.4, 0.5) is 11.4 Å². The number of oxazole rings is 1. The fraction of sp³-hybridized carbons (Fsp3) is 0.320. The molecule has 1 aliphatic rings. The average Bonchev–Trinajstić information content (AvgIpc) is 3.20. The molecule has 1 aromatic heterocycles. The van der Waals surface area contributed by atoms with Crippen molar-refractivity contribution in [3.63, 3.8) is 0 Å². The van der Waals surface area contributed by atoms with Crippen molar-refractivity contribution in [3.8, 4) is 11.5 Å². The second-order valence-electron chi connectivity index (χ2n) is 8.01. The molecule has 8 nitrogen and oxygen atoms in total. The quantitative estimate of drug-likeness (QED) is 0.598. The van der Waals surface area contributed by atoms with Crippen LogP contribution in [0.5, 0.6) is 0 Å². The van der Waals surface area contributed by atoms with Gasteiger partial charge < -0.3 is 24.3 Å². The smallest absolute Gasteiger partial charge is 0.243 e. The summed E-state index contributed by atoms with van der Waals surface area (Å²) in [6, 6.07) is 17.2. The summed E-state index contributed by atoms with van der Waals surface area (Å²) in [5.74, 6) is 0.618. The number of nitrogens with zero attached hydrogens (tertiary/aromatic N) is 3. The minimum Gasteiger partial charge on any atom is -0.441 e. The van der Waals surface area contributed by atoms with Crippen LogP contribution in [0, 0.1) is 6.92 Å². The van der Waals surface area contributed by atoms with E-state index < -0.39 is 0 Å². The van der Waals surface area contributed by atoms with Crippen LogP contribution in [0.3, 0.4) is 0 Å². The lowest BCUT2D eigenvalue weighted by Crippen LogP contribution is -2.36. The fourth-order valence-electron chi connectivity index (χ4n) is 3.66. The van der Waals surface area contributed by atoms with Gasteiger partial charge in [0.1, 0.15) is 5.76 Å². The molecule has 172 valence electrons. The predicted octanol–water partition coefficient (Wildman–Crippen LogP) is 3.13. The Kier molecular flexibility index (Phi) is 7.04. The summed E-state index contributed by atoms with van der Waals surface area (Å²) in [5.41, 5.74) is 3.22. The Morgan fingerprint density at radius 1 is 1.06 bits per heavy atom. The van der Waals surface area contributed by atoms with Gasteiger partial charge in [-0.25, -0.2) is 4.98 Å². The van der Waals surface area contributed by atoms with Gasteiger partial charge in [-0.2, -0.15) is 0 Å². The second kappa shape index (κ2) is 10.3. The third kappa shape index (κ3) is 5.78. The largest absolute Gasteiger partial charge is 0.441 e. The van der Waals surface area contributed by atoms with Gasteiger partial charge in [-0.1, -0.05) is 18.2 Å². The lowest BCUT2D eigenvalue weighted by Gasteiger charge is -2.28. The summed E-state index contributed by atoms with van der Waals surface area (Å²) >= 11 is 0. The van der Waals surface area contributed by atoms with Crippen molar-refractivity contribution in [2.45, 2.75) is 13.3 Å². The molecule has 1 N–H and O–H groups in total. The molecule has 0 radical (unpaired) electrons. The topological polar surface area (TPSA) is 87.9 Å². The number of carbonyl (C=O) groups is 2. The van der Waals surface area contributed by atoms with Crippen molar-refractivity contribution in [3.05, 3.63) is 66.1 Å². The Morgan fingerprint density at radius 3 is 2.45 bits per heavy atom. The van der Waals surface area contributed by atoms with Gasteiger partial charge in [0.2, 0.25) is 17.7 Å². The molecule has 1 aliphatic heterocycles. The van der Waals surface area contributed by atoms with Gasteiger partial charge in [0.05, 0.1) is 31.9 Å². The molecule has 2 amide bonds. The molecule has 1 fully saturated rings. The summed E-state index contributed by atoms with van der Waals surface area (Å²) in [6.45, 7) is 4.90.